The second-order valence-corrected chi connectivity index (χ2v) is 6.57. The number of aromatic nitrogens is 1. The predicted octanol–water partition coefficient (Wildman–Crippen LogP) is 4.27. The molecule has 6 nitrogen and oxygen atoms in total. The minimum atomic E-state index is -1.04. The fourth-order valence-electron chi connectivity index (χ4n) is 2.62. The summed E-state index contributed by atoms with van der Waals surface area (Å²) in [4.78, 5) is 40.4. The van der Waals surface area contributed by atoms with Gasteiger partial charge < -0.3 is 10.1 Å². The van der Waals surface area contributed by atoms with Gasteiger partial charge in [-0.2, -0.15) is 0 Å². The van der Waals surface area contributed by atoms with Crippen molar-refractivity contribution in [2.75, 3.05) is 5.32 Å². The zero-order chi connectivity index (χ0) is 20.3. The number of carbonyl (C=O) groups is 3. The van der Waals surface area contributed by atoms with E-state index in [9.17, 15) is 14.4 Å². The number of hydrogen-bond acceptors (Lipinski definition) is 5. The van der Waals surface area contributed by atoms with Crippen LogP contribution in [-0.4, -0.2) is 28.7 Å². The number of pyridine rings is 1. The number of para-hydroxylation sites is 1. The van der Waals surface area contributed by atoms with E-state index in [1.54, 1.807) is 48.5 Å². The number of hydrogen-bond donors (Lipinski definition) is 1. The van der Waals surface area contributed by atoms with Gasteiger partial charge in [0.2, 0.25) is 0 Å². The Bertz CT molecular complexity index is 1060. The zero-order valence-corrected chi connectivity index (χ0v) is 16.0. The van der Waals surface area contributed by atoms with Crippen molar-refractivity contribution in [2.24, 2.45) is 0 Å². The number of carbonyl (C=O) groups excluding carboxylic acids is 3. The van der Waals surface area contributed by atoms with Crippen LogP contribution in [0.25, 0.3) is 10.9 Å². The van der Waals surface area contributed by atoms with Crippen LogP contribution < -0.4 is 5.32 Å². The SMILES string of the molecule is CC(=O)c1ccc(NC(=O)[C@H](C)OC(=O)c2cc(Cl)nc3ccccc23)cc1. The molecule has 0 aliphatic rings. The number of rotatable bonds is 5. The van der Waals surface area contributed by atoms with Gasteiger partial charge in [-0.1, -0.05) is 29.8 Å². The maximum atomic E-state index is 12.6. The van der Waals surface area contributed by atoms with Crippen LogP contribution in [0.3, 0.4) is 0 Å². The van der Waals surface area contributed by atoms with Gasteiger partial charge in [-0.3, -0.25) is 9.59 Å². The van der Waals surface area contributed by atoms with Gasteiger partial charge in [-0.05, 0) is 50.2 Å². The van der Waals surface area contributed by atoms with Gasteiger partial charge >= 0.3 is 5.97 Å². The summed E-state index contributed by atoms with van der Waals surface area (Å²) in [6.45, 7) is 2.94. The molecular formula is C21H17ClN2O4. The lowest BCUT2D eigenvalue weighted by atomic mass is 10.1. The Balaban J connectivity index is 1.72. The number of fused-ring (bicyclic) bond motifs is 1. The summed E-state index contributed by atoms with van der Waals surface area (Å²) in [5, 5.41) is 3.40. The molecular weight excluding hydrogens is 380 g/mol. The summed E-state index contributed by atoms with van der Waals surface area (Å²) in [7, 11) is 0. The third-order valence-electron chi connectivity index (χ3n) is 4.12. The van der Waals surface area contributed by atoms with Crippen molar-refractivity contribution in [2.45, 2.75) is 20.0 Å². The second kappa shape index (κ2) is 8.19. The van der Waals surface area contributed by atoms with Crippen molar-refractivity contribution in [3.05, 3.63) is 70.9 Å². The largest absolute Gasteiger partial charge is 0.449 e. The molecule has 1 N–H and O–H groups in total. The van der Waals surface area contributed by atoms with Crippen LogP contribution in [0.5, 0.6) is 0 Å². The lowest BCUT2D eigenvalue weighted by Crippen LogP contribution is -2.30. The number of halogens is 1. The number of nitrogens with one attached hydrogen (secondary N) is 1. The van der Waals surface area contributed by atoms with E-state index in [2.05, 4.69) is 10.3 Å². The highest BCUT2D eigenvalue weighted by Crippen LogP contribution is 2.22. The Morgan fingerprint density at radius 2 is 1.75 bits per heavy atom. The van der Waals surface area contributed by atoms with Gasteiger partial charge in [0, 0.05) is 16.6 Å². The zero-order valence-electron chi connectivity index (χ0n) is 15.2. The number of esters is 1. The van der Waals surface area contributed by atoms with Crippen molar-refractivity contribution in [1.82, 2.24) is 4.98 Å². The molecule has 0 fully saturated rings. The first-order chi connectivity index (χ1) is 13.3. The molecule has 0 aliphatic heterocycles. The summed E-state index contributed by atoms with van der Waals surface area (Å²) >= 11 is 5.99. The molecule has 0 radical (unpaired) electrons. The van der Waals surface area contributed by atoms with Gasteiger partial charge in [-0.25, -0.2) is 9.78 Å². The Kier molecular flexibility index (Phi) is 5.70. The van der Waals surface area contributed by atoms with E-state index >= 15 is 0 Å². The maximum Gasteiger partial charge on any atom is 0.339 e. The fourth-order valence-corrected chi connectivity index (χ4v) is 2.82. The van der Waals surface area contributed by atoms with Gasteiger partial charge in [-0.15, -0.1) is 0 Å². The van der Waals surface area contributed by atoms with Crippen molar-refractivity contribution in [3.63, 3.8) is 0 Å². The summed E-state index contributed by atoms with van der Waals surface area (Å²) in [6.07, 6.45) is -1.04. The molecule has 0 unspecified atom stereocenters. The van der Waals surface area contributed by atoms with Crippen LogP contribution in [0.15, 0.2) is 54.6 Å². The molecule has 0 spiro atoms. The van der Waals surface area contributed by atoms with Crippen molar-refractivity contribution in [1.29, 1.82) is 0 Å². The first kappa shape index (κ1) is 19.5. The Morgan fingerprint density at radius 1 is 1.07 bits per heavy atom. The van der Waals surface area contributed by atoms with Gasteiger partial charge in [0.25, 0.3) is 5.91 Å². The van der Waals surface area contributed by atoms with Crippen LogP contribution in [0.2, 0.25) is 5.15 Å². The fraction of sp³-hybridized carbons (Fsp3) is 0.143. The maximum absolute atomic E-state index is 12.6. The van der Waals surface area contributed by atoms with Crippen LogP contribution in [0, 0.1) is 0 Å². The number of nitrogens with zero attached hydrogens (tertiary/aromatic N) is 1. The second-order valence-electron chi connectivity index (χ2n) is 6.18. The van der Waals surface area contributed by atoms with E-state index in [0.717, 1.165) is 0 Å². The van der Waals surface area contributed by atoms with E-state index in [1.165, 1.54) is 19.9 Å². The minimum Gasteiger partial charge on any atom is -0.449 e. The average molecular weight is 397 g/mol. The molecule has 1 amide bonds. The topological polar surface area (TPSA) is 85.4 Å². The summed E-state index contributed by atoms with van der Waals surface area (Å²) < 4.78 is 5.30. The molecule has 0 saturated heterocycles. The summed E-state index contributed by atoms with van der Waals surface area (Å²) in [6, 6.07) is 14.9. The summed E-state index contributed by atoms with van der Waals surface area (Å²) in [5.74, 6) is -1.23. The van der Waals surface area contributed by atoms with Crippen LogP contribution in [0.1, 0.15) is 34.6 Å². The van der Waals surface area contributed by atoms with E-state index < -0.39 is 18.0 Å². The molecule has 1 atom stereocenters. The summed E-state index contributed by atoms with van der Waals surface area (Å²) in [5.41, 5.74) is 1.83. The van der Waals surface area contributed by atoms with Crippen LogP contribution in [-0.2, 0) is 9.53 Å². The number of Topliss-reactive ketones (excluding diaryl/α,β-unsaturated/α-hetero) is 1. The van der Waals surface area contributed by atoms with E-state index in [1.807, 2.05) is 0 Å². The van der Waals surface area contributed by atoms with Crippen molar-refractivity contribution >= 4 is 45.9 Å². The molecule has 3 aromatic rings. The molecule has 28 heavy (non-hydrogen) atoms. The quantitative estimate of drug-likeness (QED) is 0.395. The van der Waals surface area contributed by atoms with Gasteiger partial charge in [0.05, 0.1) is 11.1 Å². The highest BCUT2D eigenvalue weighted by molar-refractivity contribution is 6.30. The van der Waals surface area contributed by atoms with E-state index in [4.69, 9.17) is 16.3 Å². The lowest BCUT2D eigenvalue weighted by Gasteiger charge is -2.14. The van der Waals surface area contributed by atoms with Crippen LogP contribution in [0.4, 0.5) is 5.69 Å². The van der Waals surface area contributed by atoms with Gasteiger partial charge in [0.1, 0.15) is 5.15 Å². The molecule has 1 heterocycles. The van der Waals surface area contributed by atoms with E-state index in [-0.39, 0.29) is 16.5 Å². The number of amides is 1. The average Bonchev–Trinajstić information content (AvgIpc) is 2.67. The third kappa shape index (κ3) is 4.35. The normalized spacial score (nSPS) is 11.7. The molecule has 142 valence electrons. The number of ether oxygens (including phenoxy) is 1. The number of ketones is 1. The number of benzene rings is 2. The van der Waals surface area contributed by atoms with Crippen molar-refractivity contribution in [3.8, 4) is 0 Å². The van der Waals surface area contributed by atoms with E-state index in [0.29, 0.717) is 22.2 Å². The monoisotopic (exact) mass is 396 g/mol. The lowest BCUT2D eigenvalue weighted by molar-refractivity contribution is -0.123. The molecule has 0 saturated carbocycles. The number of anilines is 1. The first-order valence-electron chi connectivity index (χ1n) is 8.53. The highest BCUT2D eigenvalue weighted by atomic mass is 35.5. The first-order valence-corrected chi connectivity index (χ1v) is 8.91. The Hall–Kier alpha value is -3.25. The van der Waals surface area contributed by atoms with Crippen molar-refractivity contribution < 1.29 is 19.1 Å². The molecule has 7 heteroatoms. The molecule has 0 aliphatic carbocycles. The third-order valence-corrected chi connectivity index (χ3v) is 4.31. The Morgan fingerprint density at radius 3 is 2.43 bits per heavy atom. The molecule has 2 aromatic carbocycles. The highest BCUT2D eigenvalue weighted by Gasteiger charge is 2.21. The minimum absolute atomic E-state index is 0.0663. The predicted molar refractivity (Wildman–Crippen MR) is 107 cm³/mol. The van der Waals surface area contributed by atoms with Crippen LogP contribution >= 0.6 is 11.6 Å². The standard InChI is InChI=1S/C21H17ClN2O4/c1-12(25)14-7-9-15(10-8-14)23-20(26)13(2)28-21(27)17-11-19(22)24-18-6-4-3-5-16(17)18/h3-11,13H,1-2H3,(H,23,26)/t13-/m0/s1. The molecule has 1 aromatic heterocycles. The smallest absolute Gasteiger partial charge is 0.339 e. The molecule has 3 rings (SSSR count). The Labute approximate surface area is 166 Å². The molecule has 0 bridgehead atoms. The van der Waals surface area contributed by atoms with Gasteiger partial charge in [0.15, 0.2) is 11.9 Å².